The van der Waals surface area contributed by atoms with Gasteiger partial charge in [0, 0.05) is 6.61 Å². The van der Waals surface area contributed by atoms with Crippen LogP contribution in [0.5, 0.6) is 0 Å². The first kappa shape index (κ1) is 28.0. The first-order chi connectivity index (χ1) is 11.3. The highest BCUT2D eigenvalue weighted by Gasteiger charge is 2.47. The van der Waals surface area contributed by atoms with Crippen LogP contribution in [0.25, 0.3) is 0 Å². The van der Waals surface area contributed by atoms with E-state index in [1.807, 2.05) is 0 Å². The summed E-state index contributed by atoms with van der Waals surface area (Å²) in [6.45, 7) is 1.79. The van der Waals surface area contributed by atoms with Gasteiger partial charge in [0.2, 0.25) is 0 Å². The van der Waals surface area contributed by atoms with Crippen molar-refractivity contribution in [2.45, 2.75) is 76.2 Å². The van der Waals surface area contributed by atoms with Crippen molar-refractivity contribution in [3.8, 4) is 0 Å². The van der Waals surface area contributed by atoms with Gasteiger partial charge in [-0.15, -0.1) is 0 Å². The fourth-order valence-corrected chi connectivity index (χ4v) is 3.02. The Kier molecular flexibility index (Phi) is 15.0. The van der Waals surface area contributed by atoms with E-state index in [9.17, 15) is 19.9 Å². The van der Waals surface area contributed by atoms with Crippen LogP contribution < -0.4 is 12.3 Å². The number of hydrogen-bond donors (Lipinski definition) is 7. The summed E-state index contributed by atoms with van der Waals surface area (Å²) in [7, 11) is -4.91. The fourth-order valence-electron chi connectivity index (χ4n) is 2.57. The van der Waals surface area contributed by atoms with Gasteiger partial charge in [0.05, 0.1) is 6.61 Å². The minimum Gasteiger partial charge on any atom is -0.394 e. The molecule has 0 aromatic rings. The molecule has 1 saturated heterocycles. The lowest BCUT2D eigenvalue weighted by molar-refractivity contribution is -0.288. The molecule has 26 heavy (non-hydrogen) atoms. The Morgan fingerprint density at radius 3 is 2.12 bits per heavy atom. The summed E-state index contributed by atoms with van der Waals surface area (Å²) in [5, 5.41) is 29.4. The topological polar surface area (TPSA) is 216 Å². The lowest BCUT2D eigenvalue weighted by Gasteiger charge is -2.41. The smallest absolute Gasteiger partial charge is 0.394 e. The molecule has 11 nitrogen and oxygen atoms in total. The predicted octanol–water partition coefficient (Wildman–Crippen LogP) is 0.604. The van der Waals surface area contributed by atoms with Crippen LogP contribution in [0.1, 0.15) is 45.4 Å². The summed E-state index contributed by atoms with van der Waals surface area (Å²) in [5.41, 5.74) is 0. The number of aliphatic hydroxyl groups excluding tert-OH is 3. The third-order valence-corrected chi connectivity index (χ3v) is 4.35. The highest BCUT2D eigenvalue weighted by molar-refractivity contribution is 7.46. The molecule has 0 unspecified atom stereocenters. The van der Waals surface area contributed by atoms with Gasteiger partial charge in [0.25, 0.3) is 0 Å². The molecular formula is C14H35N2O9P. The van der Waals surface area contributed by atoms with E-state index < -0.39 is 45.1 Å². The SMILES string of the molecule is CCCCCCCCO[C@@H]1[C@@H](O)[C@@H](OP(=O)(O)O)O[C@H](CO)[C@H]1O.N.N. The molecule has 11 N–H and O–H groups in total. The van der Waals surface area contributed by atoms with Gasteiger partial charge in [-0.1, -0.05) is 39.0 Å². The van der Waals surface area contributed by atoms with Gasteiger partial charge in [0.1, 0.15) is 24.4 Å². The highest BCUT2D eigenvalue weighted by atomic mass is 31.2. The summed E-state index contributed by atoms with van der Waals surface area (Å²) < 4.78 is 25.8. The van der Waals surface area contributed by atoms with Crippen LogP contribution in [0.15, 0.2) is 0 Å². The highest BCUT2D eigenvalue weighted by Crippen LogP contribution is 2.40. The van der Waals surface area contributed by atoms with E-state index in [1.165, 1.54) is 6.42 Å². The van der Waals surface area contributed by atoms with Crippen molar-refractivity contribution in [2.75, 3.05) is 13.2 Å². The molecule has 0 aromatic carbocycles. The van der Waals surface area contributed by atoms with Gasteiger partial charge in [0.15, 0.2) is 6.29 Å². The van der Waals surface area contributed by atoms with Crippen molar-refractivity contribution in [3.05, 3.63) is 0 Å². The van der Waals surface area contributed by atoms with Crippen molar-refractivity contribution in [3.63, 3.8) is 0 Å². The number of phosphoric acid groups is 1. The molecule has 12 heteroatoms. The van der Waals surface area contributed by atoms with Crippen LogP contribution in [-0.2, 0) is 18.6 Å². The molecule has 1 aliphatic heterocycles. The third kappa shape index (κ3) is 9.67. The molecule has 160 valence electrons. The van der Waals surface area contributed by atoms with E-state index in [4.69, 9.17) is 19.3 Å². The maximum Gasteiger partial charge on any atom is 0.472 e. The van der Waals surface area contributed by atoms with Crippen molar-refractivity contribution >= 4 is 7.82 Å². The van der Waals surface area contributed by atoms with E-state index in [0.29, 0.717) is 0 Å². The van der Waals surface area contributed by atoms with Gasteiger partial charge < -0.3 is 46.9 Å². The Hall–Kier alpha value is -0.170. The van der Waals surface area contributed by atoms with E-state index in [-0.39, 0.29) is 18.9 Å². The minimum absolute atomic E-state index is 0. The van der Waals surface area contributed by atoms with Crippen LogP contribution in [-0.4, -0.2) is 69.0 Å². The second-order valence-corrected chi connectivity index (χ2v) is 7.10. The second kappa shape index (κ2) is 13.9. The van der Waals surface area contributed by atoms with Crippen LogP contribution in [0.2, 0.25) is 0 Å². The number of rotatable bonds is 11. The summed E-state index contributed by atoms with van der Waals surface area (Å²) in [6, 6.07) is 0. The quantitative estimate of drug-likeness (QED) is 0.186. The van der Waals surface area contributed by atoms with Crippen LogP contribution in [0, 0.1) is 0 Å². The van der Waals surface area contributed by atoms with Gasteiger partial charge in [-0.25, -0.2) is 4.57 Å². The summed E-state index contributed by atoms with van der Waals surface area (Å²) >= 11 is 0. The van der Waals surface area contributed by atoms with E-state index in [1.54, 1.807) is 0 Å². The van der Waals surface area contributed by atoms with E-state index >= 15 is 0 Å². The molecule has 1 rings (SSSR count). The van der Waals surface area contributed by atoms with Gasteiger partial charge >= 0.3 is 7.82 Å². The van der Waals surface area contributed by atoms with Crippen LogP contribution in [0.4, 0.5) is 0 Å². The third-order valence-electron chi connectivity index (χ3n) is 3.87. The van der Waals surface area contributed by atoms with Gasteiger partial charge in [-0.2, -0.15) is 0 Å². The number of unbranched alkanes of at least 4 members (excludes halogenated alkanes) is 5. The van der Waals surface area contributed by atoms with Crippen LogP contribution in [0.3, 0.4) is 0 Å². The maximum atomic E-state index is 10.9. The maximum absolute atomic E-state index is 10.9. The molecule has 0 radical (unpaired) electrons. The molecule has 0 spiro atoms. The minimum atomic E-state index is -4.91. The number of phosphoric ester groups is 1. The van der Waals surface area contributed by atoms with Crippen molar-refractivity contribution in [2.24, 2.45) is 0 Å². The Morgan fingerprint density at radius 1 is 1.00 bits per heavy atom. The summed E-state index contributed by atoms with van der Waals surface area (Å²) in [6.07, 6.45) is -0.725. The molecule has 0 aliphatic carbocycles. The first-order valence-corrected chi connectivity index (χ1v) is 9.81. The zero-order valence-electron chi connectivity index (χ0n) is 15.3. The molecular weight excluding hydrogens is 371 g/mol. The molecule has 0 amide bonds. The molecule has 5 atom stereocenters. The zero-order chi connectivity index (χ0) is 18.2. The Morgan fingerprint density at radius 2 is 1.58 bits per heavy atom. The van der Waals surface area contributed by atoms with Crippen molar-refractivity contribution in [1.82, 2.24) is 12.3 Å². The van der Waals surface area contributed by atoms with E-state index in [0.717, 1.165) is 32.1 Å². The molecule has 0 bridgehead atoms. The van der Waals surface area contributed by atoms with Crippen molar-refractivity contribution in [1.29, 1.82) is 0 Å². The molecule has 1 aliphatic rings. The lowest BCUT2D eigenvalue weighted by atomic mass is 9.99. The number of hydrogen-bond acceptors (Lipinski definition) is 9. The average molecular weight is 406 g/mol. The summed E-state index contributed by atoms with van der Waals surface area (Å²) in [5.74, 6) is 0. The second-order valence-electron chi connectivity index (χ2n) is 5.91. The largest absolute Gasteiger partial charge is 0.472 e. The molecule has 0 aromatic heterocycles. The molecule has 0 saturated carbocycles. The Balaban J connectivity index is 0. The normalized spacial score (nSPS) is 28.9. The lowest BCUT2D eigenvalue weighted by Crippen LogP contribution is -2.59. The summed E-state index contributed by atoms with van der Waals surface area (Å²) in [4.78, 5) is 17.7. The molecule has 1 fully saturated rings. The number of ether oxygens (including phenoxy) is 2. The first-order valence-electron chi connectivity index (χ1n) is 8.28. The van der Waals surface area contributed by atoms with E-state index in [2.05, 4.69) is 11.4 Å². The average Bonchev–Trinajstić information content (AvgIpc) is 2.50. The van der Waals surface area contributed by atoms with Gasteiger partial charge in [-0.05, 0) is 6.42 Å². The Labute approximate surface area is 154 Å². The fraction of sp³-hybridized carbons (Fsp3) is 1.00. The molecule has 1 heterocycles. The zero-order valence-corrected chi connectivity index (χ0v) is 16.2. The van der Waals surface area contributed by atoms with Gasteiger partial charge in [-0.3, -0.25) is 4.52 Å². The standard InChI is InChI=1S/C14H29O9P.2H3N/c1-2-3-4-5-6-7-8-21-13-11(16)10(9-15)22-14(12(13)17)23-24(18,19)20;;/h10-17H,2-9H2,1H3,(H2,18,19,20);2*1H3/t10-,11-,12-,13+,14-;;/m1../s1. The monoisotopic (exact) mass is 406 g/mol. The predicted molar refractivity (Wildman–Crippen MR) is 94.0 cm³/mol. The number of aliphatic hydroxyl groups is 3. The Bertz CT molecular complexity index is 399. The van der Waals surface area contributed by atoms with Crippen molar-refractivity contribution < 1.29 is 43.7 Å². The van der Waals surface area contributed by atoms with Crippen LogP contribution >= 0.6 is 7.82 Å².